The molecule has 2 aromatic carbocycles. The Labute approximate surface area is 165 Å². The summed E-state index contributed by atoms with van der Waals surface area (Å²) in [5, 5.41) is 6.05. The van der Waals surface area contributed by atoms with Crippen LogP contribution in [-0.2, 0) is 14.8 Å². The highest BCUT2D eigenvalue weighted by Gasteiger charge is 2.31. The summed E-state index contributed by atoms with van der Waals surface area (Å²) in [4.78, 5) is 14.1. The smallest absolute Gasteiger partial charge is 0.240 e. The number of carbonyl (C=O) groups excluding carboxylic acids is 1. The van der Waals surface area contributed by atoms with Crippen LogP contribution in [0.5, 0.6) is 0 Å². The second-order valence-electron chi connectivity index (χ2n) is 7.07. The van der Waals surface area contributed by atoms with Gasteiger partial charge in [-0.1, -0.05) is 24.3 Å². The van der Waals surface area contributed by atoms with Gasteiger partial charge in [-0.3, -0.25) is 9.52 Å². The maximum Gasteiger partial charge on any atom is 0.240 e. The molecule has 0 unspecified atom stereocenters. The topological polar surface area (TPSA) is 82.1 Å². The fraction of sp³-hybridized carbons (Fsp3) is 0.300. The first-order chi connectivity index (χ1) is 13.1. The van der Waals surface area contributed by atoms with Crippen molar-refractivity contribution in [3.63, 3.8) is 0 Å². The summed E-state index contributed by atoms with van der Waals surface area (Å²) >= 11 is 0. The van der Waals surface area contributed by atoms with Gasteiger partial charge in [-0.05, 0) is 35.4 Å². The molecule has 1 heterocycles. The first-order valence-corrected chi connectivity index (χ1v) is 10.8. The summed E-state index contributed by atoms with van der Waals surface area (Å²) in [7, 11) is 0.644. The first-order valence-electron chi connectivity index (χ1n) is 8.87. The van der Waals surface area contributed by atoms with Gasteiger partial charge in [-0.15, -0.1) is 0 Å². The third-order valence-electron chi connectivity index (χ3n) is 4.55. The van der Waals surface area contributed by atoms with Crippen molar-refractivity contribution in [3.8, 4) is 0 Å². The number of nitrogens with zero attached hydrogens (tertiary/aromatic N) is 3. The molecule has 1 atom stereocenters. The average molecular weight is 401 g/mol. The maximum atomic E-state index is 12.1. The van der Waals surface area contributed by atoms with Gasteiger partial charge in [0.05, 0.1) is 18.0 Å². The van der Waals surface area contributed by atoms with Gasteiger partial charge in [0.1, 0.15) is 0 Å². The summed E-state index contributed by atoms with van der Waals surface area (Å²) in [6.07, 6.45) is 1.71. The molecule has 148 valence electrons. The van der Waals surface area contributed by atoms with Gasteiger partial charge in [-0.2, -0.15) is 5.10 Å². The Morgan fingerprint density at radius 3 is 2.21 bits per heavy atom. The van der Waals surface area contributed by atoms with Crippen molar-refractivity contribution in [3.05, 3.63) is 59.7 Å². The molecule has 1 amide bonds. The number of sulfonamides is 1. The molecule has 0 fully saturated rings. The lowest BCUT2D eigenvalue weighted by Crippen LogP contribution is -2.24. The molecule has 0 saturated carbocycles. The summed E-state index contributed by atoms with van der Waals surface area (Å²) in [6, 6.07) is 14.9. The zero-order chi connectivity index (χ0) is 20.5. The zero-order valence-corrected chi connectivity index (χ0v) is 17.2. The lowest BCUT2D eigenvalue weighted by molar-refractivity contribution is -0.130. The van der Waals surface area contributed by atoms with Gasteiger partial charge < -0.3 is 4.90 Å². The highest BCUT2D eigenvalue weighted by Crippen LogP contribution is 2.33. The van der Waals surface area contributed by atoms with Crippen molar-refractivity contribution in [1.82, 2.24) is 5.01 Å². The monoisotopic (exact) mass is 400 g/mol. The molecule has 3 rings (SSSR count). The summed E-state index contributed by atoms with van der Waals surface area (Å²) < 4.78 is 25.1. The van der Waals surface area contributed by atoms with Crippen LogP contribution in [0, 0.1) is 0 Å². The molecule has 1 aliphatic heterocycles. The summed E-state index contributed by atoms with van der Waals surface area (Å²) in [5.74, 6) is -0.118. The van der Waals surface area contributed by atoms with Crippen LogP contribution in [0.15, 0.2) is 53.6 Å². The van der Waals surface area contributed by atoms with Crippen LogP contribution in [0.4, 0.5) is 11.4 Å². The van der Waals surface area contributed by atoms with Crippen LogP contribution in [0.25, 0.3) is 0 Å². The van der Waals surface area contributed by atoms with E-state index in [9.17, 15) is 13.2 Å². The molecule has 0 radical (unpaired) electrons. The van der Waals surface area contributed by atoms with Crippen LogP contribution in [0.2, 0.25) is 0 Å². The Morgan fingerprint density at radius 2 is 1.71 bits per heavy atom. The predicted molar refractivity (Wildman–Crippen MR) is 112 cm³/mol. The molecule has 8 heteroatoms. The molecular weight excluding hydrogens is 376 g/mol. The number of hydrogen-bond acceptors (Lipinski definition) is 5. The van der Waals surface area contributed by atoms with Crippen molar-refractivity contribution in [2.75, 3.05) is 30.0 Å². The largest absolute Gasteiger partial charge is 0.378 e. The van der Waals surface area contributed by atoms with E-state index in [0.29, 0.717) is 12.1 Å². The van der Waals surface area contributed by atoms with Crippen molar-refractivity contribution < 1.29 is 13.2 Å². The van der Waals surface area contributed by atoms with E-state index >= 15 is 0 Å². The molecule has 7 nitrogen and oxygen atoms in total. The molecular formula is C20H24N4O3S. The van der Waals surface area contributed by atoms with Gasteiger partial charge in [0, 0.05) is 38.8 Å². The van der Waals surface area contributed by atoms with Gasteiger partial charge in [0.2, 0.25) is 15.9 Å². The van der Waals surface area contributed by atoms with Crippen molar-refractivity contribution in [1.29, 1.82) is 0 Å². The van der Waals surface area contributed by atoms with Crippen molar-refractivity contribution in [2.24, 2.45) is 5.10 Å². The molecule has 1 N–H and O–H groups in total. The van der Waals surface area contributed by atoms with E-state index in [4.69, 9.17) is 0 Å². The van der Waals surface area contributed by atoms with E-state index in [0.717, 1.165) is 28.8 Å². The zero-order valence-electron chi connectivity index (χ0n) is 16.4. The second-order valence-corrected chi connectivity index (χ2v) is 8.82. The highest BCUT2D eigenvalue weighted by atomic mass is 32.2. The number of amides is 1. The minimum absolute atomic E-state index is 0.118. The van der Waals surface area contributed by atoms with E-state index in [1.54, 1.807) is 12.1 Å². The molecule has 0 spiro atoms. The fourth-order valence-corrected chi connectivity index (χ4v) is 3.74. The Morgan fingerprint density at radius 1 is 1.11 bits per heavy atom. The van der Waals surface area contributed by atoms with Crippen LogP contribution in [0.3, 0.4) is 0 Å². The number of nitrogens with one attached hydrogen (secondary N) is 1. The van der Waals surface area contributed by atoms with Crippen molar-refractivity contribution in [2.45, 2.75) is 19.4 Å². The number of hydrazone groups is 1. The van der Waals surface area contributed by atoms with E-state index in [1.807, 2.05) is 55.4 Å². The van der Waals surface area contributed by atoms with E-state index < -0.39 is 10.0 Å². The Bertz CT molecular complexity index is 997. The molecule has 0 bridgehead atoms. The number of benzene rings is 2. The van der Waals surface area contributed by atoms with Gasteiger partial charge in [-0.25, -0.2) is 13.4 Å². The van der Waals surface area contributed by atoms with Crippen molar-refractivity contribution >= 4 is 33.0 Å². The van der Waals surface area contributed by atoms with Gasteiger partial charge in [0.15, 0.2) is 0 Å². The normalized spacial score (nSPS) is 16.6. The summed E-state index contributed by atoms with van der Waals surface area (Å²) in [5.41, 5.74) is 4.26. The van der Waals surface area contributed by atoms with Crippen LogP contribution in [-0.4, -0.2) is 45.4 Å². The van der Waals surface area contributed by atoms with Crippen LogP contribution < -0.4 is 9.62 Å². The second kappa shape index (κ2) is 7.63. The van der Waals surface area contributed by atoms with Gasteiger partial charge in [0.25, 0.3) is 0 Å². The predicted octanol–water partition coefficient (Wildman–Crippen LogP) is 2.82. The Balaban J connectivity index is 1.84. The lowest BCUT2D eigenvalue weighted by atomic mass is 9.98. The molecule has 0 saturated heterocycles. The lowest BCUT2D eigenvalue weighted by Gasteiger charge is -2.21. The standard InChI is InChI=1S/C20H24N4O3S/c1-14(25)24-20(16-7-11-18(12-8-16)23(2)3)13-19(21-24)15-5-9-17(10-6-15)22-28(4,26)27/h5-12,20,22H,13H2,1-4H3/t20-/m1/s1. The number of anilines is 2. The minimum Gasteiger partial charge on any atom is -0.378 e. The molecule has 0 aromatic heterocycles. The molecule has 0 aliphatic carbocycles. The average Bonchev–Trinajstić information content (AvgIpc) is 3.07. The summed E-state index contributed by atoms with van der Waals surface area (Å²) in [6.45, 7) is 1.51. The highest BCUT2D eigenvalue weighted by molar-refractivity contribution is 7.92. The molecule has 1 aliphatic rings. The number of rotatable bonds is 5. The Hall–Kier alpha value is -2.87. The quantitative estimate of drug-likeness (QED) is 0.837. The first kappa shape index (κ1) is 19.9. The van der Waals surface area contributed by atoms with E-state index in [1.165, 1.54) is 11.9 Å². The fourth-order valence-electron chi connectivity index (χ4n) is 3.17. The Kier molecular flexibility index (Phi) is 5.42. The maximum absolute atomic E-state index is 12.1. The third kappa shape index (κ3) is 4.51. The molecule has 2 aromatic rings. The number of carbonyl (C=O) groups is 1. The van der Waals surface area contributed by atoms with E-state index in [2.05, 4.69) is 9.82 Å². The SMILES string of the molecule is CC(=O)N1N=C(c2ccc(NS(C)(=O)=O)cc2)C[C@@H]1c1ccc(N(C)C)cc1. The van der Waals surface area contributed by atoms with E-state index in [-0.39, 0.29) is 11.9 Å². The number of hydrogen-bond donors (Lipinski definition) is 1. The minimum atomic E-state index is -3.32. The van der Waals surface area contributed by atoms with Crippen LogP contribution >= 0.6 is 0 Å². The molecule has 28 heavy (non-hydrogen) atoms. The van der Waals surface area contributed by atoms with Crippen LogP contribution in [0.1, 0.15) is 30.5 Å². The third-order valence-corrected chi connectivity index (χ3v) is 5.16. The van der Waals surface area contributed by atoms with Gasteiger partial charge >= 0.3 is 0 Å².